The maximum atomic E-state index is 12.0. The molecule has 0 aliphatic carbocycles. The van der Waals surface area contributed by atoms with Crippen molar-refractivity contribution in [3.63, 3.8) is 0 Å². The molecule has 0 aromatic carbocycles. The lowest BCUT2D eigenvalue weighted by atomic mass is 10.0. The van der Waals surface area contributed by atoms with E-state index in [1.165, 1.54) is 16.2 Å². The molecule has 1 aromatic rings. The van der Waals surface area contributed by atoms with Gasteiger partial charge in [-0.15, -0.1) is 11.3 Å². The van der Waals surface area contributed by atoms with Gasteiger partial charge in [0.1, 0.15) is 6.04 Å². The second-order valence-corrected chi connectivity index (χ2v) is 6.23. The largest absolute Gasteiger partial charge is 0.375 e. The highest BCUT2D eigenvalue weighted by molar-refractivity contribution is 7.13. The first-order chi connectivity index (χ1) is 9.29. The van der Waals surface area contributed by atoms with Gasteiger partial charge < -0.3 is 16.0 Å². The van der Waals surface area contributed by atoms with Crippen LogP contribution in [0.25, 0.3) is 0 Å². The topological polar surface area (TPSA) is 88.3 Å². The third-order valence-corrected chi connectivity index (χ3v) is 3.42. The maximum Gasteiger partial charge on any atom is 0.244 e. The van der Waals surface area contributed by atoms with E-state index in [9.17, 15) is 9.59 Å². The van der Waals surface area contributed by atoms with Gasteiger partial charge in [0.15, 0.2) is 5.13 Å². The third-order valence-electron chi connectivity index (χ3n) is 2.69. The zero-order chi connectivity index (χ0) is 15.3. The molecule has 3 N–H and O–H groups in total. The summed E-state index contributed by atoms with van der Waals surface area (Å²) in [6.45, 7) is 4.03. The predicted molar refractivity (Wildman–Crippen MR) is 80.3 cm³/mol. The lowest BCUT2D eigenvalue weighted by molar-refractivity contribution is -0.134. The van der Waals surface area contributed by atoms with E-state index in [1.807, 2.05) is 13.8 Å². The van der Waals surface area contributed by atoms with Crippen LogP contribution in [0.15, 0.2) is 5.38 Å². The first-order valence-electron chi connectivity index (χ1n) is 6.50. The van der Waals surface area contributed by atoms with Crippen molar-refractivity contribution in [2.45, 2.75) is 32.7 Å². The van der Waals surface area contributed by atoms with Gasteiger partial charge in [0.25, 0.3) is 0 Å². The van der Waals surface area contributed by atoms with E-state index >= 15 is 0 Å². The molecule has 0 saturated heterocycles. The fourth-order valence-electron chi connectivity index (χ4n) is 1.82. The highest BCUT2D eigenvalue weighted by Gasteiger charge is 2.23. The molecule has 0 aliphatic heterocycles. The van der Waals surface area contributed by atoms with Crippen LogP contribution in [0.4, 0.5) is 5.13 Å². The minimum Gasteiger partial charge on any atom is -0.375 e. The van der Waals surface area contributed by atoms with Crippen LogP contribution in [-0.2, 0) is 16.0 Å². The summed E-state index contributed by atoms with van der Waals surface area (Å²) in [5.41, 5.74) is 6.15. The number of thiazole rings is 1. The Morgan fingerprint density at radius 3 is 2.55 bits per heavy atom. The van der Waals surface area contributed by atoms with Crippen LogP contribution in [0.3, 0.4) is 0 Å². The monoisotopic (exact) mass is 298 g/mol. The van der Waals surface area contributed by atoms with E-state index < -0.39 is 6.04 Å². The predicted octanol–water partition coefficient (Wildman–Crippen LogP) is 0.887. The molecule has 0 radical (unpaired) electrons. The quantitative estimate of drug-likeness (QED) is 0.816. The van der Waals surface area contributed by atoms with Gasteiger partial charge in [-0.25, -0.2) is 4.98 Å². The summed E-state index contributed by atoms with van der Waals surface area (Å²) in [7, 11) is 3.37. The SMILES string of the molecule is CC(C)CC(NC(=O)Cc1csc(N)n1)C(=O)N(C)C. The molecule has 1 unspecified atom stereocenters. The number of nitrogen functional groups attached to an aromatic ring is 1. The number of aromatic nitrogens is 1. The standard InChI is InChI=1S/C13H22N4O2S/c1-8(2)5-10(12(19)17(3)4)16-11(18)6-9-7-20-13(14)15-9/h7-8,10H,5-6H2,1-4H3,(H2,14,15)(H,16,18). The zero-order valence-electron chi connectivity index (χ0n) is 12.3. The van der Waals surface area contributed by atoms with Crippen LogP contribution in [0, 0.1) is 5.92 Å². The summed E-state index contributed by atoms with van der Waals surface area (Å²) < 4.78 is 0. The minimum absolute atomic E-state index is 0.0927. The molecule has 0 bridgehead atoms. The number of rotatable bonds is 6. The Morgan fingerprint density at radius 1 is 1.45 bits per heavy atom. The molecule has 1 atom stereocenters. The van der Waals surface area contributed by atoms with Gasteiger partial charge in [0.2, 0.25) is 11.8 Å². The van der Waals surface area contributed by atoms with Crippen molar-refractivity contribution in [1.29, 1.82) is 0 Å². The van der Waals surface area contributed by atoms with Crippen molar-refractivity contribution in [2.75, 3.05) is 19.8 Å². The van der Waals surface area contributed by atoms with Crippen molar-refractivity contribution >= 4 is 28.3 Å². The summed E-state index contributed by atoms with van der Waals surface area (Å²) in [5.74, 6) is 0.0140. The average molecular weight is 298 g/mol. The molecular formula is C13H22N4O2S. The lowest BCUT2D eigenvalue weighted by Gasteiger charge is -2.23. The third kappa shape index (κ3) is 5.16. The van der Waals surface area contributed by atoms with Gasteiger partial charge in [-0.2, -0.15) is 0 Å². The number of likely N-dealkylation sites (N-methyl/N-ethyl adjacent to an activating group) is 1. The van der Waals surface area contributed by atoms with Gasteiger partial charge in [-0.05, 0) is 12.3 Å². The van der Waals surface area contributed by atoms with Gasteiger partial charge in [-0.3, -0.25) is 9.59 Å². The van der Waals surface area contributed by atoms with E-state index in [0.717, 1.165) is 0 Å². The summed E-state index contributed by atoms with van der Waals surface area (Å²) in [5, 5.41) is 4.97. The van der Waals surface area contributed by atoms with Crippen LogP contribution in [-0.4, -0.2) is 41.8 Å². The van der Waals surface area contributed by atoms with Gasteiger partial charge >= 0.3 is 0 Å². The lowest BCUT2D eigenvalue weighted by Crippen LogP contribution is -2.47. The molecule has 0 saturated carbocycles. The number of anilines is 1. The number of nitrogens with two attached hydrogens (primary N) is 1. The Hall–Kier alpha value is -1.63. The molecule has 0 aliphatic rings. The number of hydrogen-bond acceptors (Lipinski definition) is 5. The molecule has 112 valence electrons. The number of hydrogen-bond donors (Lipinski definition) is 2. The molecule has 0 spiro atoms. The summed E-state index contributed by atoms with van der Waals surface area (Å²) in [6.07, 6.45) is 0.755. The van der Waals surface area contributed by atoms with Gasteiger partial charge in [-0.1, -0.05) is 13.8 Å². The second-order valence-electron chi connectivity index (χ2n) is 5.34. The first kappa shape index (κ1) is 16.4. The van der Waals surface area contributed by atoms with Crippen LogP contribution in [0.5, 0.6) is 0 Å². The molecular weight excluding hydrogens is 276 g/mol. The Bertz CT molecular complexity index is 471. The Balaban J connectivity index is 2.64. The molecule has 6 nitrogen and oxygen atoms in total. The van der Waals surface area contributed by atoms with Crippen LogP contribution in [0.1, 0.15) is 26.0 Å². The van der Waals surface area contributed by atoms with Crippen molar-refractivity contribution in [3.8, 4) is 0 Å². The summed E-state index contributed by atoms with van der Waals surface area (Å²) in [4.78, 5) is 29.6. The number of nitrogens with zero attached hydrogens (tertiary/aromatic N) is 2. The van der Waals surface area contributed by atoms with Crippen LogP contribution >= 0.6 is 11.3 Å². The second kappa shape index (κ2) is 7.23. The van der Waals surface area contributed by atoms with Crippen LogP contribution < -0.4 is 11.1 Å². The number of nitrogens with one attached hydrogen (secondary N) is 1. The molecule has 1 aromatic heterocycles. The Kier molecular flexibility index (Phi) is 5.94. The van der Waals surface area contributed by atoms with Gasteiger partial charge in [0.05, 0.1) is 12.1 Å². The number of carbonyl (C=O) groups is 2. The molecule has 2 amide bonds. The normalized spacial score (nSPS) is 12.2. The number of amides is 2. The Labute approximate surface area is 123 Å². The average Bonchev–Trinajstić information content (AvgIpc) is 2.71. The van der Waals surface area contributed by atoms with Crippen molar-refractivity contribution in [1.82, 2.24) is 15.2 Å². The van der Waals surface area contributed by atoms with Gasteiger partial charge in [0, 0.05) is 19.5 Å². The molecule has 20 heavy (non-hydrogen) atoms. The maximum absolute atomic E-state index is 12.0. The van der Waals surface area contributed by atoms with Crippen molar-refractivity contribution < 1.29 is 9.59 Å². The van der Waals surface area contributed by atoms with E-state index in [2.05, 4.69) is 10.3 Å². The smallest absolute Gasteiger partial charge is 0.244 e. The fraction of sp³-hybridized carbons (Fsp3) is 0.615. The van der Waals surface area contributed by atoms with Crippen molar-refractivity contribution in [2.24, 2.45) is 5.92 Å². The van der Waals surface area contributed by atoms with E-state index in [4.69, 9.17) is 5.73 Å². The molecule has 1 heterocycles. The van der Waals surface area contributed by atoms with Crippen molar-refractivity contribution in [3.05, 3.63) is 11.1 Å². The summed E-state index contributed by atoms with van der Waals surface area (Å²) >= 11 is 1.30. The van der Waals surface area contributed by atoms with Crippen LogP contribution in [0.2, 0.25) is 0 Å². The summed E-state index contributed by atoms with van der Waals surface area (Å²) in [6, 6.07) is -0.492. The molecule has 1 rings (SSSR count). The van der Waals surface area contributed by atoms with E-state index in [0.29, 0.717) is 23.2 Å². The molecule has 7 heteroatoms. The minimum atomic E-state index is -0.492. The first-order valence-corrected chi connectivity index (χ1v) is 7.38. The fourth-order valence-corrected chi connectivity index (χ4v) is 2.38. The van der Waals surface area contributed by atoms with E-state index in [-0.39, 0.29) is 18.2 Å². The zero-order valence-corrected chi connectivity index (χ0v) is 13.2. The van der Waals surface area contributed by atoms with E-state index in [1.54, 1.807) is 19.5 Å². The highest BCUT2D eigenvalue weighted by atomic mass is 32.1. The Morgan fingerprint density at radius 2 is 2.10 bits per heavy atom. The highest BCUT2D eigenvalue weighted by Crippen LogP contribution is 2.12. The number of carbonyl (C=O) groups excluding carboxylic acids is 2. The molecule has 0 fully saturated rings.